The van der Waals surface area contributed by atoms with Crippen LogP contribution in [-0.2, 0) is 16.6 Å². The van der Waals surface area contributed by atoms with Gasteiger partial charge < -0.3 is 5.73 Å². The van der Waals surface area contributed by atoms with E-state index < -0.39 is 10.0 Å². The minimum atomic E-state index is -3.50. The van der Waals surface area contributed by atoms with E-state index in [1.807, 2.05) is 6.92 Å². The number of hydrogen-bond acceptors (Lipinski definition) is 5. The number of thiazole rings is 1. The molecule has 0 radical (unpaired) electrons. The molecule has 0 saturated carbocycles. The van der Waals surface area contributed by atoms with E-state index in [2.05, 4.69) is 9.71 Å². The van der Waals surface area contributed by atoms with Gasteiger partial charge in [0.1, 0.15) is 5.01 Å². The molecule has 2 rings (SSSR count). The molecule has 0 amide bonds. The van der Waals surface area contributed by atoms with Crippen LogP contribution in [0.25, 0.3) is 0 Å². The van der Waals surface area contributed by atoms with Gasteiger partial charge in [-0.3, -0.25) is 0 Å². The van der Waals surface area contributed by atoms with Crippen molar-refractivity contribution >= 4 is 27.0 Å². The summed E-state index contributed by atoms with van der Waals surface area (Å²) in [6, 6.07) is 6.07. The van der Waals surface area contributed by atoms with E-state index in [4.69, 9.17) is 5.73 Å². The van der Waals surface area contributed by atoms with Crippen molar-refractivity contribution in [2.45, 2.75) is 18.4 Å². The lowest BCUT2D eigenvalue weighted by Crippen LogP contribution is -2.23. The number of benzene rings is 1. The molecule has 0 unspecified atom stereocenters. The van der Waals surface area contributed by atoms with E-state index in [1.54, 1.807) is 18.3 Å². The van der Waals surface area contributed by atoms with Crippen molar-refractivity contribution in [1.29, 1.82) is 0 Å². The van der Waals surface area contributed by atoms with Crippen molar-refractivity contribution < 1.29 is 8.42 Å². The Balaban J connectivity index is 2.10. The number of anilines is 1. The van der Waals surface area contributed by atoms with Crippen LogP contribution in [0.15, 0.2) is 35.4 Å². The smallest absolute Gasteiger partial charge is 0.240 e. The summed E-state index contributed by atoms with van der Waals surface area (Å²) in [6.07, 6.45) is 1.72. The summed E-state index contributed by atoms with van der Waals surface area (Å²) in [7, 11) is -3.50. The molecule has 0 aliphatic carbocycles. The monoisotopic (exact) mass is 283 g/mol. The molecule has 0 saturated heterocycles. The number of rotatable bonds is 4. The number of hydrogen-bond donors (Lipinski definition) is 2. The van der Waals surface area contributed by atoms with Crippen LogP contribution < -0.4 is 10.5 Å². The highest BCUT2D eigenvalue weighted by molar-refractivity contribution is 7.89. The summed E-state index contributed by atoms with van der Waals surface area (Å²) in [6.45, 7) is 2.13. The second-order valence-electron chi connectivity index (χ2n) is 3.76. The molecule has 0 bridgehead atoms. The van der Waals surface area contributed by atoms with Crippen molar-refractivity contribution in [2.24, 2.45) is 0 Å². The summed E-state index contributed by atoms with van der Waals surface area (Å²) in [5.41, 5.74) is 6.05. The van der Waals surface area contributed by atoms with Gasteiger partial charge in [0.2, 0.25) is 10.0 Å². The first-order chi connectivity index (χ1) is 8.47. The molecule has 1 heterocycles. The number of aromatic nitrogens is 1. The normalized spacial score (nSPS) is 11.6. The number of nitrogens with zero attached hydrogens (tertiary/aromatic N) is 1. The van der Waals surface area contributed by atoms with Gasteiger partial charge in [-0.1, -0.05) is 0 Å². The van der Waals surface area contributed by atoms with Gasteiger partial charge >= 0.3 is 0 Å². The molecule has 7 heteroatoms. The van der Waals surface area contributed by atoms with Crippen molar-refractivity contribution in [3.05, 3.63) is 40.3 Å². The van der Waals surface area contributed by atoms with Crippen molar-refractivity contribution in [2.75, 3.05) is 5.73 Å². The maximum absolute atomic E-state index is 11.9. The zero-order valence-electron chi connectivity index (χ0n) is 9.75. The molecule has 5 nitrogen and oxygen atoms in total. The third kappa shape index (κ3) is 3.06. The van der Waals surface area contributed by atoms with Gasteiger partial charge in [0.25, 0.3) is 0 Å². The Morgan fingerprint density at radius 2 is 2.00 bits per heavy atom. The molecular weight excluding hydrogens is 270 g/mol. The lowest BCUT2D eigenvalue weighted by Gasteiger charge is -2.05. The fourth-order valence-electron chi connectivity index (χ4n) is 1.37. The Kier molecular flexibility index (Phi) is 3.65. The Bertz CT molecular complexity index is 633. The Hall–Kier alpha value is -1.44. The molecule has 0 aliphatic heterocycles. The van der Waals surface area contributed by atoms with Crippen LogP contribution in [0, 0.1) is 6.92 Å². The molecule has 96 valence electrons. The molecule has 0 aliphatic rings. The van der Waals surface area contributed by atoms with Gasteiger partial charge in [-0.2, -0.15) is 0 Å². The van der Waals surface area contributed by atoms with Crippen LogP contribution in [0.5, 0.6) is 0 Å². The standard InChI is InChI=1S/C11H13N3O2S2/c1-8-6-13-11(17-8)7-14-18(15,16)10-4-2-9(12)3-5-10/h2-6,14H,7,12H2,1H3. The van der Waals surface area contributed by atoms with Gasteiger partial charge in [-0.05, 0) is 31.2 Å². The number of aryl methyl sites for hydroxylation is 1. The zero-order valence-corrected chi connectivity index (χ0v) is 11.4. The average molecular weight is 283 g/mol. The third-order valence-corrected chi connectivity index (χ3v) is 4.60. The topological polar surface area (TPSA) is 85.1 Å². The quantitative estimate of drug-likeness (QED) is 0.833. The first kappa shape index (κ1) is 13.0. The van der Waals surface area contributed by atoms with E-state index in [1.165, 1.54) is 23.5 Å². The average Bonchev–Trinajstić information content (AvgIpc) is 2.73. The van der Waals surface area contributed by atoms with Gasteiger partial charge in [0.15, 0.2) is 0 Å². The second-order valence-corrected chi connectivity index (χ2v) is 6.84. The predicted octanol–water partition coefficient (Wildman–Crippen LogP) is 1.51. The van der Waals surface area contributed by atoms with Gasteiger partial charge in [-0.15, -0.1) is 11.3 Å². The second kappa shape index (κ2) is 5.05. The summed E-state index contributed by atoms with van der Waals surface area (Å²) >= 11 is 1.47. The molecule has 0 atom stereocenters. The van der Waals surface area contributed by atoms with Gasteiger partial charge in [0, 0.05) is 16.8 Å². The van der Waals surface area contributed by atoms with E-state index in [-0.39, 0.29) is 11.4 Å². The fourth-order valence-corrected chi connectivity index (χ4v) is 3.18. The Labute approximate surface area is 110 Å². The van der Waals surface area contributed by atoms with Crippen LogP contribution in [0.4, 0.5) is 5.69 Å². The predicted molar refractivity (Wildman–Crippen MR) is 71.7 cm³/mol. The Morgan fingerprint density at radius 3 is 2.56 bits per heavy atom. The molecule has 1 aromatic heterocycles. The first-order valence-electron chi connectivity index (χ1n) is 5.24. The highest BCUT2D eigenvalue weighted by Gasteiger charge is 2.13. The Morgan fingerprint density at radius 1 is 1.33 bits per heavy atom. The van der Waals surface area contributed by atoms with Crippen molar-refractivity contribution in [3.63, 3.8) is 0 Å². The van der Waals surface area contributed by atoms with Crippen LogP contribution in [0.1, 0.15) is 9.88 Å². The molecule has 2 aromatic rings. The molecule has 18 heavy (non-hydrogen) atoms. The number of nitrogens with two attached hydrogens (primary N) is 1. The highest BCUT2D eigenvalue weighted by atomic mass is 32.2. The number of sulfonamides is 1. The van der Waals surface area contributed by atoms with Crippen LogP contribution in [0.3, 0.4) is 0 Å². The summed E-state index contributed by atoms with van der Waals surface area (Å²) in [4.78, 5) is 5.35. The molecule has 0 fully saturated rings. The number of nitrogens with one attached hydrogen (secondary N) is 1. The van der Waals surface area contributed by atoms with Gasteiger partial charge in [-0.25, -0.2) is 18.1 Å². The summed E-state index contributed by atoms with van der Waals surface area (Å²) in [5.74, 6) is 0. The SMILES string of the molecule is Cc1cnc(CNS(=O)(=O)c2ccc(N)cc2)s1. The minimum absolute atomic E-state index is 0.199. The maximum Gasteiger partial charge on any atom is 0.240 e. The molecule has 3 N–H and O–H groups in total. The summed E-state index contributed by atoms with van der Waals surface area (Å²) < 4.78 is 26.4. The van der Waals surface area contributed by atoms with Crippen molar-refractivity contribution in [3.8, 4) is 0 Å². The highest BCUT2D eigenvalue weighted by Crippen LogP contribution is 2.14. The first-order valence-corrected chi connectivity index (χ1v) is 7.54. The van der Waals surface area contributed by atoms with Crippen LogP contribution in [-0.4, -0.2) is 13.4 Å². The van der Waals surface area contributed by atoms with E-state index in [0.29, 0.717) is 5.69 Å². The molecule has 0 spiro atoms. The van der Waals surface area contributed by atoms with E-state index in [9.17, 15) is 8.42 Å². The third-order valence-electron chi connectivity index (χ3n) is 2.27. The summed E-state index contributed by atoms with van der Waals surface area (Å²) in [5, 5.41) is 0.742. The van der Waals surface area contributed by atoms with E-state index in [0.717, 1.165) is 9.88 Å². The van der Waals surface area contributed by atoms with Crippen LogP contribution in [0.2, 0.25) is 0 Å². The van der Waals surface area contributed by atoms with E-state index >= 15 is 0 Å². The van der Waals surface area contributed by atoms with Crippen LogP contribution >= 0.6 is 11.3 Å². The fraction of sp³-hybridized carbons (Fsp3) is 0.182. The lowest BCUT2D eigenvalue weighted by atomic mass is 10.3. The van der Waals surface area contributed by atoms with Gasteiger partial charge in [0.05, 0.1) is 11.4 Å². The zero-order chi connectivity index (χ0) is 13.2. The minimum Gasteiger partial charge on any atom is -0.399 e. The molecule has 1 aromatic carbocycles. The van der Waals surface area contributed by atoms with Crippen molar-refractivity contribution in [1.82, 2.24) is 9.71 Å². The molecular formula is C11H13N3O2S2. The largest absolute Gasteiger partial charge is 0.399 e. The number of nitrogen functional groups attached to an aromatic ring is 1. The lowest BCUT2D eigenvalue weighted by molar-refractivity contribution is 0.581. The maximum atomic E-state index is 11.9.